The average Bonchev–Trinajstić information content (AvgIpc) is 3.04. The van der Waals surface area contributed by atoms with Crippen LogP contribution in [0.25, 0.3) is 21.9 Å². The molecule has 2 aromatic heterocycles. The summed E-state index contributed by atoms with van der Waals surface area (Å²) in [6.07, 6.45) is 0. The normalized spacial score (nSPS) is 11.4. The van der Waals surface area contributed by atoms with Gasteiger partial charge >= 0.3 is 12.5 Å². The molecule has 2 aromatic carbocycles. The summed E-state index contributed by atoms with van der Waals surface area (Å²) < 4.78 is 32.8. The van der Waals surface area contributed by atoms with E-state index in [1.807, 2.05) is 0 Å². The number of pyridine rings is 1. The van der Waals surface area contributed by atoms with Gasteiger partial charge in [-0.2, -0.15) is 8.78 Å². The van der Waals surface area contributed by atoms with Crippen LogP contribution in [0.3, 0.4) is 0 Å². The van der Waals surface area contributed by atoms with Crippen LogP contribution in [0.2, 0.25) is 5.15 Å². The zero-order valence-corrected chi connectivity index (χ0v) is 14.5. The van der Waals surface area contributed by atoms with Crippen LogP contribution in [0.5, 0.6) is 0 Å². The minimum atomic E-state index is -2.79. The lowest BCUT2D eigenvalue weighted by Gasteiger charge is -2.09. The standard InChI is InChI=1S/C19H12ClF2N3O2/c20-16-8-6-11-9-12(5-7-13(11)23-16)18(26)27-10-17-24-14-3-1-2-4-15(14)25(17)19(21)22/h1-9,19H,10H2. The van der Waals surface area contributed by atoms with Crippen molar-refractivity contribution in [2.75, 3.05) is 0 Å². The number of carbonyl (C=O) groups is 1. The van der Waals surface area contributed by atoms with Crippen LogP contribution in [0.4, 0.5) is 8.78 Å². The summed E-state index contributed by atoms with van der Waals surface area (Å²) >= 11 is 5.84. The number of halogens is 3. The van der Waals surface area contributed by atoms with Crippen LogP contribution in [0.1, 0.15) is 22.7 Å². The van der Waals surface area contributed by atoms with Gasteiger partial charge in [-0.3, -0.25) is 4.57 Å². The highest BCUT2D eigenvalue weighted by atomic mass is 35.5. The number of hydrogen-bond donors (Lipinski definition) is 0. The number of alkyl halides is 2. The Balaban J connectivity index is 1.58. The number of para-hydroxylation sites is 2. The topological polar surface area (TPSA) is 57.0 Å². The van der Waals surface area contributed by atoms with Gasteiger partial charge in [-0.15, -0.1) is 0 Å². The molecule has 5 nitrogen and oxygen atoms in total. The maximum absolute atomic E-state index is 13.4. The van der Waals surface area contributed by atoms with Gasteiger partial charge in [0.2, 0.25) is 0 Å². The minimum absolute atomic E-state index is 0.0196. The van der Waals surface area contributed by atoms with Gasteiger partial charge in [-0.25, -0.2) is 14.8 Å². The number of ether oxygens (including phenoxy) is 1. The molecule has 27 heavy (non-hydrogen) atoms. The number of esters is 1. The Hall–Kier alpha value is -3.06. The number of nitrogens with zero attached hydrogens (tertiary/aromatic N) is 3. The van der Waals surface area contributed by atoms with Crippen LogP contribution in [0.15, 0.2) is 54.6 Å². The monoisotopic (exact) mass is 387 g/mol. The number of hydrogen-bond acceptors (Lipinski definition) is 4. The van der Waals surface area contributed by atoms with Crippen molar-refractivity contribution in [3.63, 3.8) is 0 Å². The second-order valence-corrected chi connectivity index (χ2v) is 6.17. The smallest absolute Gasteiger partial charge is 0.338 e. The van der Waals surface area contributed by atoms with Gasteiger partial charge in [0.1, 0.15) is 11.8 Å². The first-order chi connectivity index (χ1) is 13.0. The summed E-state index contributed by atoms with van der Waals surface area (Å²) in [5, 5.41) is 1.07. The molecule has 0 amide bonds. The fourth-order valence-electron chi connectivity index (χ4n) is 2.86. The van der Waals surface area contributed by atoms with E-state index < -0.39 is 12.5 Å². The van der Waals surface area contributed by atoms with Crippen LogP contribution < -0.4 is 0 Å². The summed E-state index contributed by atoms with van der Waals surface area (Å²) in [6, 6.07) is 14.7. The molecule has 0 aliphatic heterocycles. The summed E-state index contributed by atoms with van der Waals surface area (Å²) in [5.74, 6) is -0.659. The summed E-state index contributed by atoms with van der Waals surface area (Å²) in [4.78, 5) is 20.6. The molecule has 4 aromatic rings. The maximum Gasteiger partial charge on any atom is 0.338 e. The molecule has 0 radical (unpaired) electrons. The van der Waals surface area contributed by atoms with Gasteiger partial charge in [0.25, 0.3) is 0 Å². The predicted octanol–water partition coefficient (Wildman–Crippen LogP) is 4.99. The van der Waals surface area contributed by atoms with E-state index in [9.17, 15) is 13.6 Å². The average molecular weight is 388 g/mol. The number of aromatic nitrogens is 3. The first-order valence-electron chi connectivity index (χ1n) is 8.00. The molecule has 0 fully saturated rings. The quantitative estimate of drug-likeness (QED) is 0.365. The number of fused-ring (bicyclic) bond motifs is 2. The maximum atomic E-state index is 13.4. The van der Waals surface area contributed by atoms with Gasteiger partial charge < -0.3 is 4.74 Å². The van der Waals surface area contributed by atoms with E-state index in [0.717, 1.165) is 4.57 Å². The highest BCUT2D eigenvalue weighted by Gasteiger charge is 2.19. The lowest BCUT2D eigenvalue weighted by atomic mass is 10.1. The third kappa shape index (κ3) is 3.33. The van der Waals surface area contributed by atoms with E-state index >= 15 is 0 Å². The Morgan fingerprint density at radius 2 is 1.89 bits per heavy atom. The Kier molecular flexibility index (Phi) is 4.45. The molecule has 136 valence electrons. The van der Waals surface area contributed by atoms with Crippen molar-refractivity contribution in [2.45, 2.75) is 13.2 Å². The van der Waals surface area contributed by atoms with Crippen LogP contribution in [0, 0.1) is 0 Å². The SMILES string of the molecule is O=C(OCc1nc2ccccc2n1C(F)F)c1ccc2nc(Cl)ccc2c1. The first kappa shape index (κ1) is 17.4. The molecule has 8 heteroatoms. The molecule has 0 bridgehead atoms. The molecular formula is C19H12ClF2N3O2. The molecule has 2 heterocycles. The predicted molar refractivity (Wildman–Crippen MR) is 96.9 cm³/mol. The van der Waals surface area contributed by atoms with E-state index in [0.29, 0.717) is 21.6 Å². The molecule has 0 unspecified atom stereocenters. The van der Waals surface area contributed by atoms with E-state index in [1.54, 1.807) is 54.6 Å². The van der Waals surface area contributed by atoms with E-state index in [4.69, 9.17) is 16.3 Å². The van der Waals surface area contributed by atoms with Crippen molar-refractivity contribution in [3.8, 4) is 0 Å². The molecular weight excluding hydrogens is 376 g/mol. The Bertz CT molecular complexity index is 1160. The van der Waals surface area contributed by atoms with Crippen molar-refractivity contribution in [2.24, 2.45) is 0 Å². The van der Waals surface area contributed by atoms with Gasteiger partial charge in [0.05, 0.1) is 22.1 Å². The number of imidazole rings is 1. The summed E-state index contributed by atoms with van der Waals surface area (Å²) in [5.41, 5.74) is 1.62. The second-order valence-electron chi connectivity index (χ2n) is 5.78. The number of rotatable bonds is 4. The van der Waals surface area contributed by atoms with Crippen molar-refractivity contribution >= 4 is 39.5 Å². The molecule has 0 aliphatic rings. The fraction of sp³-hybridized carbons (Fsp3) is 0.105. The van der Waals surface area contributed by atoms with Gasteiger partial charge in [0.15, 0.2) is 5.82 Å². The second kappa shape index (κ2) is 6.92. The molecule has 0 aliphatic carbocycles. The highest BCUT2D eigenvalue weighted by molar-refractivity contribution is 6.29. The van der Waals surface area contributed by atoms with Crippen molar-refractivity contribution in [1.82, 2.24) is 14.5 Å². The number of benzene rings is 2. The Morgan fingerprint density at radius 3 is 2.70 bits per heavy atom. The van der Waals surface area contributed by atoms with Crippen molar-refractivity contribution in [1.29, 1.82) is 0 Å². The van der Waals surface area contributed by atoms with Crippen LogP contribution in [-0.2, 0) is 11.3 Å². The first-order valence-corrected chi connectivity index (χ1v) is 8.38. The zero-order chi connectivity index (χ0) is 19.0. The van der Waals surface area contributed by atoms with E-state index in [-0.39, 0.29) is 23.5 Å². The Labute approximate surface area is 157 Å². The van der Waals surface area contributed by atoms with E-state index in [1.165, 1.54) is 0 Å². The molecule has 0 atom stereocenters. The molecule has 0 saturated heterocycles. The van der Waals surface area contributed by atoms with E-state index in [2.05, 4.69) is 9.97 Å². The highest BCUT2D eigenvalue weighted by Crippen LogP contribution is 2.24. The fourth-order valence-corrected chi connectivity index (χ4v) is 3.01. The molecule has 0 spiro atoms. The largest absolute Gasteiger partial charge is 0.454 e. The number of carbonyl (C=O) groups excluding carboxylic acids is 1. The van der Waals surface area contributed by atoms with Gasteiger partial charge in [-0.1, -0.05) is 23.7 Å². The van der Waals surface area contributed by atoms with Crippen molar-refractivity contribution < 1.29 is 18.3 Å². The van der Waals surface area contributed by atoms with Gasteiger partial charge in [-0.05, 0) is 42.5 Å². The summed E-state index contributed by atoms with van der Waals surface area (Å²) in [6.45, 7) is -3.16. The van der Waals surface area contributed by atoms with Gasteiger partial charge in [0, 0.05) is 5.39 Å². The third-order valence-electron chi connectivity index (χ3n) is 4.09. The molecule has 0 N–H and O–H groups in total. The van der Waals surface area contributed by atoms with Crippen LogP contribution >= 0.6 is 11.6 Å². The lowest BCUT2D eigenvalue weighted by Crippen LogP contribution is -2.10. The minimum Gasteiger partial charge on any atom is -0.454 e. The third-order valence-corrected chi connectivity index (χ3v) is 4.30. The lowest BCUT2D eigenvalue weighted by molar-refractivity contribution is 0.0387. The van der Waals surface area contributed by atoms with Crippen molar-refractivity contribution in [3.05, 3.63) is 71.1 Å². The summed E-state index contributed by atoms with van der Waals surface area (Å²) in [7, 11) is 0. The Morgan fingerprint density at radius 1 is 1.07 bits per heavy atom. The van der Waals surface area contributed by atoms with Crippen LogP contribution in [-0.4, -0.2) is 20.5 Å². The molecule has 0 saturated carbocycles. The molecule has 4 rings (SSSR count). The zero-order valence-electron chi connectivity index (χ0n) is 13.8.